The van der Waals surface area contributed by atoms with Gasteiger partial charge in [-0.05, 0) is 24.3 Å². The molecule has 0 atom stereocenters. The average Bonchev–Trinajstić information content (AvgIpc) is 2.90. The summed E-state index contributed by atoms with van der Waals surface area (Å²) in [7, 11) is 0. The van der Waals surface area contributed by atoms with Crippen molar-refractivity contribution in [3.63, 3.8) is 0 Å². The second-order valence-corrected chi connectivity index (χ2v) is 6.16. The molecule has 0 aromatic carbocycles. The average molecular weight is 294 g/mol. The Morgan fingerprint density at radius 1 is 1.30 bits per heavy atom. The van der Waals surface area contributed by atoms with Crippen molar-refractivity contribution in [2.45, 2.75) is 26.7 Å². The number of carbonyl (C=O) groups is 2. The van der Waals surface area contributed by atoms with Crippen LogP contribution in [-0.4, -0.2) is 47.8 Å². The van der Waals surface area contributed by atoms with E-state index in [9.17, 15) is 9.59 Å². The molecule has 2 amide bonds. The molecule has 0 saturated carbocycles. The number of nitrogens with zero attached hydrogens (tertiary/aromatic N) is 2. The summed E-state index contributed by atoms with van der Waals surface area (Å²) < 4.78 is 0. The van der Waals surface area contributed by atoms with Crippen LogP contribution in [0.5, 0.6) is 0 Å². The Bertz CT molecular complexity index is 446. The molecule has 4 nitrogen and oxygen atoms in total. The number of thiophene rings is 1. The van der Waals surface area contributed by atoms with Crippen LogP contribution >= 0.6 is 11.3 Å². The third-order valence-corrected chi connectivity index (χ3v) is 4.41. The Kier molecular flexibility index (Phi) is 5.17. The normalized spacial score (nSPS) is 15.0. The van der Waals surface area contributed by atoms with Crippen molar-refractivity contribution in [3.05, 3.63) is 22.4 Å². The first-order chi connectivity index (χ1) is 9.67. The van der Waals surface area contributed by atoms with Crippen LogP contribution in [0.3, 0.4) is 0 Å². The van der Waals surface area contributed by atoms with E-state index >= 15 is 0 Å². The lowest BCUT2D eigenvalue weighted by atomic mass is 9.97. The molecular formula is C15H22N2O2S. The number of hydrogen-bond acceptors (Lipinski definition) is 3. The summed E-state index contributed by atoms with van der Waals surface area (Å²) in [6.45, 7) is 6.95. The van der Waals surface area contributed by atoms with E-state index in [0.29, 0.717) is 13.1 Å². The Balaban J connectivity index is 1.85. The first-order valence-corrected chi connectivity index (χ1v) is 8.16. The fourth-order valence-corrected chi connectivity index (χ4v) is 3.18. The van der Waals surface area contributed by atoms with Gasteiger partial charge in [-0.1, -0.05) is 19.9 Å². The van der Waals surface area contributed by atoms with Gasteiger partial charge in [0, 0.05) is 26.2 Å². The molecule has 2 rings (SSSR count). The molecule has 1 saturated heterocycles. The van der Waals surface area contributed by atoms with Gasteiger partial charge in [0.1, 0.15) is 0 Å². The van der Waals surface area contributed by atoms with Crippen LogP contribution in [-0.2, 0) is 4.79 Å². The van der Waals surface area contributed by atoms with Crippen molar-refractivity contribution < 1.29 is 9.59 Å². The summed E-state index contributed by atoms with van der Waals surface area (Å²) in [5.74, 6) is 0.266. The number of rotatable bonds is 6. The first-order valence-electron chi connectivity index (χ1n) is 7.28. The molecule has 0 radical (unpaired) electrons. The highest BCUT2D eigenvalue weighted by Gasteiger charge is 2.38. The lowest BCUT2D eigenvalue weighted by Gasteiger charge is -2.40. The Morgan fingerprint density at radius 2 is 1.95 bits per heavy atom. The first kappa shape index (κ1) is 15.0. The molecule has 1 aromatic rings. The van der Waals surface area contributed by atoms with Crippen LogP contribution in [0.15, 0.2) is 17.5 Å². The van der Waals surface area contributed by atoms with E-state index in [-0.39, 0.29) is 17.7 Å². The highest BCUT2D eigenvalue weighted by molar-refractivity contribution is 7.12. The SMILES string of the molecule is CCCN(CCC)C(=O)C1CN(C(=O)c2cccs2)C1. The lowest BCUT2D eigenvalue weighted by molar-refractivity contribution is -0.139. The van der Waals surface area contributed by atoms with E-state index in [0.717, 1.165) is 30.8 Å². The van der Waals surface area contributed by atoms with E-state index in [1.165, 1.54) is 11.3 Å². The summed E-state index contributed by atoms with van der Waals surface area (Å²) in [5, 5.41) is 1.90. The lowest BCUT2D eigenvalue weighted by Crippen LogP contribution is -2.56. The Labute approximate surface area is 124 Å². The maximum absolute atomic E-state index is 12.4. The third-order valence-electron chi connectivity index (χ3n) is 3.55. The minimum atomic E-state index is -0.00277. The monoisotopic (exact) mass is 294 g/mol. The summed E-state index contributed by atoms with van der Waals surface area (Å²) in [4.78, 5) is 28.9. The third kappa shape index (κ3) is 3.20. The van der Waals surface area contributed by atoms with Crippen LogP contribution in [0, 0.1) is 5.92 Å². The predicted molar refractivity (Wildman–Crippen MR) is 80.9 cm³/mol. The molecule has 0 N–H and O–H groups in total. The van der Waals surface area contributed by atoms with Gasteiger partial charge in [-0.15, -0.1) is 11.3 Å². The smallest absolute Gasteiger partial charge is 0.263 e. The molecule has 20 heavy (non-hydrogen) atoms. The number of carbonyl (C=O) groups excluding carboxylic acids is 2. The largest absolute Gasteiger partial charge is 0.342 e. The van der Waals surface area contributed by atoms with Crippen molar-refractivity contribution >= 4 is 23.2 Å². The summed E-state index contributed by atoms with van der Waals surface area (Å²) in [6.07, 6.45) is 1.96. The van der Waals surface area contributed by atoms with Gasteiger partial charge in [-0.3, -0.25) is 9.59 Å². The van der Waals surface area contributed by atoms with Gasteiger partial charge in [0.25, 0.3) is 5.91 Å². The molecular weight excluding hydrogens is 272 g/mol. The number of likely N-dealkylation sites (tertiary alicyclic amines) is 1. The molecule has 110 valence electrons. The molecule has 1 aromatic heterocycles. The maximum atomic E-state index is 12.4. The summed E-state index contributed by atoms with van der Waals surface area (Å²) >= 11 is 1.45. The highest BCUT2D eigenvalue weighted by Crippen LogP contribution is 2.22. The number of hydrogen-bond donors (Lipinski definition) is 0. The summed E-state index contributed by atoms with van der Waals surface area (Å²) in [5.41, 5.74) is 0. The van der Waals surface area contributed by atoms with E-state index in [1.54, 1.807) is 4.90 Å². The predicted octanol–water partition coefficient (Wildman–Crippen LogP) is 2.47. The fraction of sp³-hybridized carbons (Fsp3) is 0.600. The van der Waals surface area contributed by atoms with Crippen molar-refractivity contribution in [2.75, 3.05) is 26.2 Å². The number of amides is 2. The minimum Gasteiger partial charge on any atom is -0.342 e. The van der Waals surface area contributed by atoms with Gasteiger partial charge < -0.3 is 9.80 Å². The minimum absolute atomic E-state index is 0.00277. The summed E-state index contributed by atoms with van der Waals surface area (Å²) in [6, 6.07) is 3.72. The van der Waals surface area contributed by atoms with Gasteiger partial charge in [0.15, 0.2) is 0 Å². The zero-order valence-corrected chi connectivity index (χ0v) is 13.0. The molecule has 1 aliphatic rings. The van der Waals surface area contributed by atoms with E-state index in [2.05, 4.69) is 13.8 Å². The van der Waals surface area contributed by atoms with E-state index in [4.69, 9.17) is 0 Å². The molecule has 2 heterocycles. The van der Waals surface area contributed by atoms with Crippen molar-refractivity contribution in [3.8, 4) is 0 Å². The van der Waals surface area contributed by atoms with Gasteiger partial charge in [-0.2, -0.15) is 0 Å². The molecule has 0 aliphatic carbocycles. The topological polar surface area (TPSA) is 40.6 Å². The Morgan fingerprint density at radius 3 is 2.45 bits per heavy atom. The van der Waals surface area contributed by atoms with Crippen LogP contribution in [0.4, 0.5) is 0 Å². The fourth-order valence-electron chi connectivity index (χ4n) is 2.49. The van der Waals surface area contributed by atoms with Crippen molar-refractivity contribution in [1.82, 2.24) is 9.80 Å². The quantitative estimate of drug-likeness (QED) is 0.808. The van der Waals surface area contributed by atoms with E-state index in [1.807, 2.05) is 22.4 Å². The Hall–Kier alpha value is -1.36. The zero-order chi connectivity index (χ0) is 14.5. The second kappa shape index (κ2) is 6.88. The van der Waals surface area contributed by atoms with Crippen molar-refractivity contribution in [2.24, 2.45) is 5.92 Å². The van der Waals surface area contributed by atoms with E-state index < -0.39 is 0 Å². The van der Waals surface area contributed by atoms with Crippen molar-refractivity contribution in [1.29, 1.82) is 0 Å². The maximum Gasteiger partial charge on any atom is 0.263 e. The van der Waals surface area contributed by atoms with Crippen LogP contribution < -0.4 is 0 Å². The second-order valence-electron chi connectivity index (χ2n) is 5.21. The highest BCUT2D eigenvalue weighted by atomic mass is 32.1. The molecule has 0 spiro atoms. The standard InChI is InChI=1S/C15H22N2O2S/c1-3-7-16(8-4-2)14(18)12-10-17(11-12)15(19)13-6-5-9-20-13/h5-6,9,12H,3-4,7-8,10-11H2,1-2H3. The molecule has 0 bridgehead atoms. The molecule has 1 fully saturated rings. The van der Waals surface area contributed by atoms with Gasteiger partial charge in [0.05, 0.1) is 10.8 Å². The van der Waals surface area contributed by atoms with Gasteiger partial charge >= 0.3 is 0 Å². The van der Waals surface area contributed by atoms with Crippen LogP contribution in [0.1, 0.15) is 36.4 Å². The molecule has 1 aliphatic heterocycles. The molecule has 0 unspecified atom stereocenters. The van der Waals surface area contributed by atoms with Crippen LogP contribution in [0.25, 0.3) is 0 Å². The van der Waals surface area contributed by atoms with Crippen LogP contribution in [0.2, 0.25) is 0 Å². The molecule has 5 heteroatoms. The van der Waals surface area contributed by atoms with Gasteiger partial charge in [-0.25, -0.2) is 0 Å². The van der Waals surface area contributed by atoms with Gasteiger partial charge in [0.2, 0.25) is 5.91 Å². The zero-order valence-electron chi connectivity index (χ0n) is 12.2.